The number of ether oxygens (including phenoxy) is 2. The van der Waals surface area contributed by atoms with Crippen molar-refractivity contribution >= 4 is 33.6 Å². The van der Waals surface area contributed by atoms with Crippen LogP contribution in [0.1, 0.15) is 25.8 Å². The van der Waals surface area contributed by atoms with Crippen molar-refractivity contribution in [3.63, 3.8) is 0 Å². The van der Waals surface area contributed by atoms with Gasteiger partial charge in [0, 0.05) is 55.8 Å². The second-order valence-electron chi connectivity index (χ2n) is 10.3. The van der Waals surface area contributed by atoms with Crippen LogP contribution in [0.4, 0.5) is 9.18 Å². The molecule has 3 amide bonds. The summed E-state index contributed by atoms with van der Waals surface area (Å²) in [5, 5.41) is 0.415. The molecular formula is C27H34ClFN4O6S. The topological polar surface area (TPSA) is 108 Å². The van der Waals surface area contributed by atoms with E-state index in [9.17, 15) is 22.4 Å². The molecule has 2 aromatic rings. The lowest BCUT2D eigenvalue weighted by molar-refractivity contribution is -0.139. The number of halogens is 2. The zero-order valence-electron chi connectivity index (χ0n) is 22.7. The summed E-state index contributed by atoms with van der Waals surface area (Å²) in [7, 11) is -3.67. The number of sulfonamides is 1. The molecule has 0 aromatic heterocycles. The molecule has 3 atom stereocenters. The van der Waals surface area contributed by atoms with E-state index in [-0.39, 0.29) is 37.0 Å². The van der Waals surface area contributed by atoms with Crippen molar-refractivity contribution in [1.29, 1.82) is 0 Å². The normalized spacial score (nSPS) is 21.8. The SMILES string of the molecule is C[C@@H]1CN(Cc2ccc(F)cc2)[C@@H](C)CN1C(=O)COc1ccc(Cl)cc1O[C@H]1CCN(C(=O)NS(C)(=O)=O)C1. The van der Waals surface area contributed by atoms with E-state index in [1.807, 2.05) is 11.6 Å². The highest BCUT2D eigenvalue weighted by atomic mass is 35.5. The van der Waals surface area contributed by atoms with Crippen LogP contribution in [0.3, 0.4) is 0 Å². The number of amides is 3. The number of benzene rings is 2. The van der Waals surface area contributed by atoms with Crippen LogP contribution in [0.2, 0.25) is 5.02 Å². The van der Waals surface area contributed by atoms with Gasteiger partial charge in [0.15, 0.2) is 18.1 Å². The quantitative estimate of drug-likeness (QED) is 0.499. The van der Waals surface area contributed by atoms with E-state index in [1.165, 1.54) is 17.0 Å². The Labute approximate surface area is 239 Å². The Balaban J connectivity index is 1.32. The molecule has 2 aliphatic heterocycles. The van der Waals surface area contributed by atoms with Crippen LogP contribution < -0.4 is 14.2 Å². The second kappa shape index (κ2) is 12.6. The van der Waals surface area contributed by atoms with Gasteiger partial charge in [-0.25, -0.2) is 22.3 Å². The molecule has 2 aliphatic rings. The maximum atomic E-state index is 13.3. The van der Waals surface area contributed by atoms with Gasteiger partial charge < -0.3 is 19.3 Å². The summed E-state index contributed by atoms with van der Waals surface area (Å²) in [4.78, 5) is 30.8. The molecule has 4 rings (SSSR count). The monoisotopic (exact) mass is 596 g/mol. The van der Waals surface area contributed by atoms with Gasteiger partial charge in [-0.05, 0) is 43.7 Å². The zero-order chi connectivity index (χ0) is 29.0. The van der Waals surface area contributed by atoms with E-state index in [2.05, 4.69) is 11.8 Å². The summed E-state index contributed by atoms with van der Waals surface area (Å²) in [5.74, 6) is 0.247. The number of hydrogen-bond donors (Lipinski definition) is 1. The summed E-state index contributed by atoms with van der Waals surface area (Å²) in [5.41, 5.74) is 1.01. The van der Waals surface area contributed by atoms with Gasteiger partial charge in [0.1, 0.15) is 11.9 Å². The first-order valence-electron chi connectivity index (χ1n) is 13.0. The summed E-state index contributed by atoms with van der Waals surface area (Å²) in [6.07, 6.45) is 0.998. The van der Waals surface area contributed by atoms with Crippen molar-refractivity contribution in [2.45, 2.75) is 45.0 Å². The zero-order valence-corrected chi connectivity index (χ0v) is 24.3. The highest BCUT2D eigenvalue weighted by Crippen LogP contribution is 2.33. The van der Waals surface area contributed by atoms with Crippen molar-refractivity contribution in [1.82, 2.24) is 19.4 Å². The number of carbonyl (C=O) groups is 2. The third kappa shape index (κ3) is 7.98. The van der Waals surface area contributed by atoms with Gasteiger partial charge in [0.05, 0.1) is 12.8 Å². The second-order valence-corrected chi connectivity index (χ2v) is 12.5. The molecule has 2 heterocycles. The smallest absolute Gasteiger partial charge is 0.331 e. The summed E-state index contributed by atoms with van der Waals surface area (Å²) in [6, 6.07) is 10.6. The number of rotatable bonds is 8. The lowest BCUT2D eigenvalue weighted by Crippen LogP contribution is -2.58. The van der Waals surface area contributed by atoms with Gasteiger partial charge in [-0.3, -0.25) is 9.69 Å². The summed E-state index contributed by atoms with van der Waals surface area (Å²) >= 11 is 6.18. The minimum absolute atomic E-state index is 0.0451. The fourth-order valence-corrected chi connectivity index (χ4v) is 5.53. The van der Waals surface area contributed by atoms with Gasteiger partial charge in [-0.1, -0.05) is 23.7 Å². The Bertz CT molecular complexity index is 1330. The van der Waals surface area contributed by atoms with Gasteiger partial charge in [-0.15, -0.1) is 0 Å². The number of piperazine rings is 1. The number of nitrogens with one attached hydrogen (secondary N) is 1. The van der Waals surface area contributed by atoms with Crippen LogP contribution in [-0.2, 0) is 21.4 Å². The molecular weight excluding hydrogens is 563 g/mol. The van der Waals surface area contributed by atoms with E-state index < -0.39 is 22.2 Å². The number of hydrogen-bond acceptors (Lipinski definition) is 7. The molecule has 10 nitrogen and oxygen atoms in total. The van der Waals surface area contributed by atoms with Crippen molar-refractivity contribution in [3.8, 4) is 11.5 Å². The predicted octanol–water partition coefficient (Wildman–Crippen LogP) is 3.10. The number of urea groups is 1. The highest BCUT2D eigenvalue weighted by Gasteiger charge is 2.33. The Morgan fingerprint density at radius 2 is 1.77 bits per heavy atom. The van der Waals surface area contributed by atoms with Crippen molar-refractivity contribution in [3.05, 3.63) is 58.9 Å². The first-order chi connectivity index (χ1) is 18.9. The van der Waals surface area contributed by atoms with E-state index in [0.717, 1.165) is 11.8 Å². The molecule has 2 fully saturated rings. The van der Waals surface area contributed by atoms with Crippen LogP contribution in [0.5, 0.6) is 11.5 Å². The Hall–Kier alpha value is -3.09. The maximum Gasteiger partial charge on any atom is 0.331 e. The summed E-state index contributed by atoms with van der Waals surface area (Å²) in [6.45, 7) is 6.23. The van der Waals surface area contributed by atoms with Gasteiger partial charge in [0.2, 0.25) is 10.0 Å². The van der Waals surface area contributed by atoms with Crippen molar-refractivity contribution in [2.24, 2.45) is 0 Å². The first kappa shape index (κ1) is 29.9. The fraction of sp³-hybridized carbons (Fsp3) is 0.481. The van der Waals surface area contributed by atoms with E-state index in [0.29, 0.717) is 49.1 Å². The molecule has 0 saturated carbocycles. The first-order valence-corrected chi connectivity index (χ1v) is 15.3. The van der Waals surface area contributed by atoms with E-state index in [1.54, 1.807) is 35.2 Å². The average Bonchev–Trinajstić information content (AvgIpc) is 3.34. The predicted molar refractivity (Wildman–Crippen MR) is 148 cm³/mol. The molecule has 0 radical (unpaired) electrons. The third-order valence-electron chi connectivity index (χ3n) is 6.99. The van der Waals surface area contributed by atoms with E-state index in [4.69, 9.17) is 21.1 Å². The fourth-order valence-electron chi connectivity index (χ4n) is 4.92. The molecule has 0 unspecified atom stereocenters. The molecule has 1 N–H and O–H groups in total. The molecule has 0 bridgehead atoms. The van der Waals surface area contributed by atoms with E-state index >= 15 is 0 Å². The van der Waals surface area contributed by atoms with Gasteiger partial charge in [0.25, 0.3) is 5.91 Å². The largest absolute Gasteiger partial charge is 0.485 e. The van der Waals surface area contributed by atoms with Crippen LogP contribution in [0.15, 0.2) is 42.5 Å². The Kier molecular flexibility index (Phi) is 9.42. The summed E-state index contributed by atoms with van der Waals surface area (Å²) < 4.78 is 49.9. The lowest BCUT2D eigenvalue weighted by atomic mass is 10.1. The highest BCUT2D eigenvalue weighted by molar-refractivity contribution is 7.89. The molecule has 40 heavy (non-hydrogen) atoms. The van der Waals surface area contributed by atoms with Crippen molar-refractivity contribution in [2.75, 3.05) is 39.0 Å². The molecule has 2 aromatic carbocycles. The molecule has 13 heteroatoms. The third-order valence-corrected chi connectivity index (χ3v) is 7.77. The molecule has 2 saturated heterocycles. The van der Waals surface area contributed by atoms with Gasteiger partial charge in [-0.2, -0.15) is 0 Å². The minimum atomic E-state index is -3.67. The maximum absolute atomic E-state index is 13.3. The van der Waals surface area contributed by atoms with Crippen LogP contribution in [0, 0.1) is 5.82 Å². The van der Waals surface area contributed by atoms with Gasteiger partial charge >= 0.3 is 6.03 Å². The van der Waals surface area contributed by atoms with Crippen LogP contribution >= 0.6 is 11.6 Å². The number of likely N-dealkylation sites (tertiary alicyclic amines) is 1. The van der Waals surface area contributed by atoms with Crippen LogP contribution in [0.25, 0.3) is 0 Å². The lowest BCUT2D eigenvalue weighted by Gasteiger charge is -2.44. The van der Waals surface area contributed by atoms with Crippen LogP contribution in [-0.4, -0.2) is 92.3 Å². The molecule has 0 spiro atoms. The minimum Gasteiger partial charge on any atom is -0.485 e. The number of carbonyl (C=O) groups excluding carboxylic acids is 2. The Morgan fingerprint density at radius 3 is 2.48 bits per heavy atom. The number of nitrogens with zero attached hydrogens (tertiary/aromatic N) is 3. The molecule has 218 valence electrons. The standard InChI is InChI=1S/C27H34ClFN4O6S/c1-18-14-33(19(2)13-32(18)15-20-4-7-22(29)8-5-20)26(34)17-38-24-9-6-21(28)12-25(24)39-23-10-11-31(16-23)27(35)30-40(3,36)37/h4-9,12,18-19,23H,10-11,13-17H2,1-3H3,(H,30,35)/t18-,19+,23-/m0/s1. The molecule has 0 aliphatic carbocycles. The average molecular weight is 597 g/mol. The van der Waals surface area contributed by atoms with Crippen molar-refractivity contribution < 1.29 is 31.9 Å². The Morgan fingerprint density at radius 1 is 1.05 bits per heavy atom.